The van der Waals surface area contributed by atoms with Crippen molar-refractivity contribution in [3.05, 3.63) is 0 Å². The fourth-order valence-corrected chi connectivity index (χ4v) is 1.91. The number of hydrogen-bond donors (Lipinski definition) is 1. The van der Waals surface area contributed by atoms with Gasteiger partial charge in [-0.2, -0.15) is 0 Å². The molecule has 0 bridgehead atoms. The highest BCUT2D eigenvalue weighted by molar-refractivity contribution is 5.74. The summed E-state index contributed by atoms with van der Waals surface area (Å²) in [5.74, 6) is 0.709. The third-order valence-corrected chi connectivity index (χ3v) is 2.61. The quantitative estimate of drug-likeness (QED) is 0.759. The topological polar surface area (TPSA) is 35.6 Å². The molecule has 1 rings (SSSR count). The van der Waals surface area contributed by atoms with E-state index in [0.29, 0.717) is 12.5 Å². The van der Waals surface area contributed by atoms with Crippen LogP contribution in [0.5, 0.6) is 0 Å². The van der Waals surface area contributed by atoms with Gasteiger partial charge in [-0.25, -0.2) is 4.79 Å². The van der Waals surface area contributed by atoms with Crippen molar-refractivity contribution < 1.29 is 4.79 Å². The highest BCUT2D eigenvalue weighted by atomic mass is 16.2. The lowest BCUT2D eigenvalue weighted by Crippen LogP contribution is -2.52. The van der Waals surface area contributed by atoms with Gasteiger partial charge < -0.3 is 10.2 Å². The molecule has 1 heterocycles. The summed E-state index contributed by atoms with van der Waals surface area (Å²) in [4.78, 5) is 15.9. The maximum absolute atomic E-state index is 11.5. The molecule has 1 N–H and O–H groups in total. The number of nitrogens with one attached hydrogen (secondary N) is 1. The molecule has 88 valence electrons. The minimum Gasteiger partial charge on any atom is -0.338 e. The number of amides is 2. The van der Waals surface area contributed by atoms with Crippen molar-refractivity contribution >= 4 is 6.03 Å². The molecule has 0 radical (unpaired) electrons. The summed E-state index contributed by atoms with van der Waals surface area (Å²) in [6.07, 6.45) is 0. The van der Waals surface area contributed by atoms with Crippen LogP contribution in [0, 0.1) is 5.92 Å². The molecular weight excluding hydrogens is 190 g/mol. The molecule has 2 amide bonds. The Kier molecular flexibility index (Phi) is 4.88. The van der Waals surface area contributed by atoms with Gasteiger partial charge in [-0.3, -0.25) is 4.90 Å². The third kappa shape index (κ3) is 4.08. The van der Waals surface area contributed by atoms with Crippen molar-refractivity contribution in [3.8, 4) is 0 Å². The Hall–Kier alpha value is -0.770. The van der Waals surface area contributed by atoms with Crippen molar-refractivity contribution in [1.29, 1.82) is 0 Å². The van der Waals surface area contributed by atoms with Crippen molar-refractivity contribution in [2.24, 2.45) is 5.92 Å². The van der Waals surface area contributed by atoms with Gasteiger partial charge in [0.25, 0.3) is 0 Å². The van der Waals surface area contributed by atoms with Crippen LogP contribution in [-0.4, -0.2) is 55.1 Å². The molecule has 4 heteroatoms. The number of rotatable bonds is 3. The van der Waals surface area contributed by atoms with Crippen LogP contribution in [0.25, 0.3) is 0 Å². The van der Waals surface area contributed by atoms with Crippen molar-refractivity contribution in [1.82, 2.24) is 15.1 Å². The second-order valence-electron chi connectivity index (χ2n) is 4.52. The maximum Gasteiger partial charge on any atom is 0.317 e. The summed E-state index contributed by atoms with van der Waals surface area (Å²) in [5, 5.41) is 2.84. The third-order valence-electron chi connectivity index (χ3n) is 2.61. The van der Waals surface area contributed by atoms with Gasteiger partial charge in [-0.15, -0.1) is 0 Å². The predicted molar refractivity (Wildman–Crippen MR) is 61.9 cm³/mol. The first-order valence-electron chi connectivity index (χ1n) is 5.88. The molecule has 0 unspecified atom stereocenters. The smallest absolute Gasteiger partial charge is 0.317 e. The van der Waals surface area contributed by atoms with Crippen molar-refractivity contribution in [2.75, 3.05) is 39.3 Å². The zero-order valence-electron chi connectivity index (χ0n) is 10.1. The van der Waals surface area contributed by atoms with E-state index in [1.54, 1.807) is 0 Å². The second kappa shape index (κ2) is 5.95. The molecule has 0 spiro atoms. The fourth-order valence-electron chi connectivity index (χ4n) is 1.91. The van der Waals surface area contributed by atoms with Gasteiger partial charge in [0, 0.05) is 39.3 Å². The SMILES string of the molecule is CCNC(=O)N1CCN(CC(C)C)CC1. The second-order valence-corrected chi connectivity index (χ2v) is 4.52. The van der Waals surface area contributed by atoms with Crippen LogP contribution in [-0.2, 0) is 0 Å². The largest absolute Gasteiger partial charge is 0.338 e. The average molecular weight is 213 g/mol. The first kappa shape index (κ1) is 12.3. The molecule has 1 fully saturated rings. The van der Waals surface area contributed by atoms with Gasteiger partial charge >= 0.3 is 6.03 Å². The number of carbonyl (C=O) groups excluding carboxylic acids is 1. The Morgan fingerprint density at radius 2 is 1.87 bits per heavy atom. The molecular formula is C11H23N3O. The van der Waals surface area contributed by atoms with Gasteiger partial charge in [0.1, 0.15) is 0 Å². The Bertz CT molecular complexity index is 198. The van der Waals surface area contributed by atoms with E-state index in [-0.39, 0.29) is 6.03 Å². The van der Waals surface area contributed by atoms with E-state index in [2.05, 4.69) is 24.1 Å². The van der Waals surface area contributed by atoms with Gasteiger partial charge in [0.2, 0.25) is 0 Å². The van der Waals surface area contributed by atoms with E-state index < -0.39 is 0 Å². The van der Waals surface area contributed by atoms with Crippen LogP contribution in [0.3, 0.4) is 0 Å². The minimum absolute atomic E-state index is 0.0849. The molecule has 0 aromatic rings. The van der Waals surface area contributed by atoms with Crippen LogP contribution < -0.4 is 5.32 Å². The molecule has 0 aromatic heterocycles. The summed E-state index contributed by atoms with van der Waals surface area (Å²) in [6.45, 7) is 12.0. The maximum atomic E-state index is 11.5. The average Bonchev–Trinajstić information content (AvgIpc) is 2.18. The number of piperazine rings is 1. The molecule has 4 nitrogen and oxygen atoms in total. The van der Waals surface area contributed by atoms with Crippen LogP contribution in [0.1, 0.15) is 20.8 Å². The molecule has 15 heavy (non-hydrogen) atoms. The lowest BCUT2D eigenvalue weighted by Gasteiger charge is -2.35. The van der Waals surface area contributed by atoms with E-state index in [0.717, 1.165) is 32.7 Å². The summed E-state index contributed by atoms with van der Waals surface area (Å²) < 4.78 is 0. The Labute approximate surface area is 92.6 Å². The van der Waals surface area contributed by atoms with Gasteiger partial charge in [0.15, 0.2) is 0 Å². The molecule has 0 atom stereocenters. The lowest BCUT2D eigenvalue weighted by molar-refractivity contribution is 0.131. The summed E-state index contributed by atoms with van der Waals surface area (Å²) in [7, 11) is 0. The summed E-state index contributed by atoms with van der Waals surface area (Å²) >= 11 is 0. The van der Waals surface area contributed by atoms with Crippen LogP contribution >= 0.6 is 0 Å². The van der Waals surface area contributed by atoms with Crippen molar-refractivity contribution in [2.45, 2.75) is 20.8 Å². The zero-order chi connectivity index (χ0) is 11.3. The Balaban J connectivity index is 2.26. The molecule has 1 saturated heterocycles. The Morgan fingerprint density at radius 3 is 2.33 bits per heavy atom. The number of hydrogen-bond acceptors (Lipinski definition) is 2. The first-order chi connectivity index (χ1) is 7.13. The molecule has 1 aliphatic heterocycles. The normalized spacial score (nSPS) is 18.3. The van der Waals surface area contributed by atoms with E-state index >= 15 is 0 Å². The van der Waals surface area contributed by atoms with Crippen molar-refractivity contribution in [3.63, 3.8) is 0 Å². The monoisotopic (exact) mass is 213 g/mol. The van der Waals surface area contributed by atoms with Gasteiger partial charge in [-0.05, 0) is 12.8 Å². The minimum atomic E-state index is 0.0849. The standard InChI is InChI=1S/C11H23N3O/c1-4-12-11(15)14-7-5-13(6-8-14)9-10(2)3/h10H,4-9H2,1-3H3,(H,12,15). The molecule has 0 aliphatic carbocycles. The van der Waals surface area contributed by atoms with Gasteiger partial charge in [-0.1, -0.05) is 13.8 Å². The summed E-state index contributed by atoms with van der Waals surface area (Å²) in [6, 6.07) is 0.0849. The Morgan fingerprint density at radius 1 is 1.27 bits per heavy atom. The van der Waals surface area contributed by atoms with Crippen LogP contribution in [0.4, 0.5) is 4.79 Å². The summed E-state index contributed by atoms with van der Waals surface area (Å²) in [5.41, 5.74) is 0. The molecule has 1 aliphatic rings. The molecule has 0 saturated carbocycles. The van der Waals surface area contributed by atoms with E-state index in [1.807, 2.05) is 11.8 Å². The predicted octanol–water partition coefficient (Wildman–Crippen LogP) is 0.990. The molecule has 0 aromatic carbocycles. The number of carbonyl (C=O) groups is 1. The zero-order valence-corrected chi connectivity index (χ0v) is 10.1. The number of urea groups is 1. The van der Waals surface area contributed by atoms with Gasteiger partial charge in [0.05, 0.1) is 0 Å². The van der Waals surface area contributed by atoms with Crippen LogP contribution in [0.15, 0.2) is 0 Å². The highest BCUT2D eigenvalue weighted by Crippen LogP contribution is 2.05. The fraction of sp³-hybridized carbons (Fsp3) is 0.909. The lowest BCUT2D eigenvalue weighted by atomic mass is 10.2. The van der Waals surface area contributed by atoms with E-state index in [9.17, 15) is 4.79 Å². The first-order valence-corrected chi connectivity index (χ1v) is 5.88. The number of nitrogens with zero attached hydrogens (tertiary/aromatic N) is 2. The van der Waals surface area contributed by atoms with Crippen LogP contribution in [0.2, 0.25) is 0 Å². The van der Waals surface area contributed by atoms with E-state index in [1.165, 1.54) is 0 Å². The highest BCUT2D eigenvalue weighted by Gasteiger charge is 2.20. The van der Waals surface area contributed by atoms with E-state index in [4.69, 9.17) is 0 Å².